The number of amides is 2. The summed E-state index contributed by atoms with van der Waals surface area (Å²) < 4.78 is 64.9. The van der Waals surface area contributed by atoms with Gasteiger partial charge < -0.3 is 14.8 Å². The molecule has 5 aromatic rings. The van der Waals surface area contributed by atoms with Crippen LogP contribution in [0.15, 0.2) is 83.4 Å². The van der Waals surface area contributed by atoms with Crippen LogP contribution in [0, 0.1) is 6.92 Å². The Kier molecular flexibility index (Phi) is 9.56. The van der Waals surface area contributed by atoms with Gasteiger partial charge in [0.2, 0.25) is 0 Å². The highest BCUT2D eigenvalue weighted by atomic mass is 32.1. The van der Waals surface area contributed by atoms with E-state index in [9.17, 15) is 18.0 Å². The standard InChI is InChI=1S/C32H30F4N6O3S/c1-19(2)26-14-13-25(44-4)15-28(26)42-20(3)17-46-31(42)39-30(43)37-16-27(33)21-5-7-22(8-6-21)29-38-18-41(40-29)23-9-11-24(12-10-23)45-32(34,35)36/h5-15,17-19,27H,16H2,1-4H3,(H,37,43). The molecule has 5 rings (SSSR count). The van der Waals surface area contributed by atoms with Crippen molar-refractivity contribution in [3.8, 4) is 34.3 Å². The van der Waals surface area contributed by atoms with E-state index in [-0.39, 0.29) is 18.2 Å². The Labute approximate surface area is 265 Å². The Morgan fingerprint density at radius 2 is 1.74 bits per heavy atom. The largest absolute Gasteiger partial charge is 0.573 e. The third-order valence-corrected chi connectivity index (χ3v) is 7.91. The number of aryl methyl sites for hydroxylation is 1. The lowest BCUT2D eigenvalue weighted by Gasteiger charge is -2.16. The average Bonchev–Trinajstić information content (AvgIpc) is 3.66. The molecular formula is C32H30F4N6O3S. The van der Waals surface area contributed by atoms with Crippen LogP contribution in [-0.2, 0) is 0 Å². The number of carbonyl (C=O) groups excluding carboxylic acids is 1. The minimum Gasteiger partial charge on any atom is -0.497 e. The second-order valence-corrected chi connectivity index (χ2v) is 11.4. The Hall–Kier alpha value is -4.98. The van der Waals surface area contributed by atoms with Gasteiger partial charge in [0.25, 0.3) is 0 Å². The van der Waals surface area contributed by atoms with Crippen molar-refractivity contribution in [1.29, 1.82) is 0 Å². The molecule has 240 valence electrons. The zero-order valence-corrected chi connectivity index (χ0v) is 26.1. The molecule has 1 N–H and O–H groups in total. The molecule has 0 saturated carbocycles. The van der Waals surface area contributed by atoms with Crippen LogP contribution in [-0.4, -0.2) is 45.4 Å². The first-order valence-corrected chi connectivity index (χ1v) is 15.0. The molecule has 0 bridgehead atoms. The average molecular weight is 655 g/mol. The number of nitrogens with one attached hydrogen (secondary N) is 1. The molecule has 46 heavy (non-hydrogen) atoms. The van der Waals surface area contributed by atoms with Crippen molar-refractivity contribution in [3.63, 3.8) is 0 Å². The maximum absolute atomic E-state index is 15.1. The number of methoxy groups -OCH3 is 1. The first-order chi connectivity index (χ1) is 21.9. The molecule has 2 heterocycles. The molecule has 2 aromatic heterocycles. The van der Waals surface area contributed by atoms with Crippen LogP contribution in [0.4, 0.5) is 22.4 Å². The first kappa shape index (κ1) is 32.4. The summed E-state index contributed by atoms with van der Waals surface area (Å²) >= 11 is 1.31. The third kappa shape index (κ3) is 7.62. The molecule has 1 unspecified atom stereocenters. The van der Waals surface area contributed by atoms with Crippen molar-refractivity contribution >= 4 is 17.4 Å². The molecule has 0 aliphatic carbocycles. The fraction of sp³-hybridized carbons (Fsp3) is 0.250. The van der Waals surface area contributed by atoms with Gasteiger partial charge in [-0.1, -0.05) is 44.2 Å². The number of hydrogen-bond donors (Lipinski definition) is 1. The zero-order valence-electron chi connectivity index (χ0n) is 25.2. The van der Waals surface area contributed by atoms with E-state index >= 15 is 4.39 Å². The number of benzene rings is 3. The number of halogens is 4. The van der Waals surface area contributed by atoms with E-state index in [1.54, 1.807) is 31.4 Å². The van der Waals surface area contributed by atoms with Gasteiger partial charge in [0.15, 0.2) is 10.6 Å². The summed E-state index contributed by atoms with van der Waals surface area (Å²) in [5.74, 6) is 0.871. The maximum atomic E-state index is 15.1. The minimum absolute atomic E-state index is 0.210. The van der Waals surface area contributed by atoms with Gasteiger partial charge in [-0.25, -0.2) is 18.9 Å². The number of rotatable bonds is 9. The van der Waals surface area contributed by atoms with E-state index in [4.69, 9.17) is 4.74 Å². The molecule has 14 heteroatoms. The SMILES string of the molecule is COc1ccc(C(C)C)c(-n2c(C)csc2=NC(=O)NCC(F)c2ccc(-c3ncn(-c4ccc(OC(F)(F)F)cc4)n3)cc2)c1. The van der Waals surface area contributed by atoms with Crippen molar-refractivity contribution in [3.05, 3.63) is 100 Å². The summed E-state index contributed by atoms with van der Waals surface area (Å²) in [7, 11) is 1.59. The van der Waals surface area contributed by atoms with Crippen molar-refractivity contribution in [2.45, 2.75) is 39.2 Å². The van der Waals surface area contributed by atoms with Crippen molar-refractivity contribution in [2.75, 3.05) is 13.7 Å². The summed E-state index contributed by atoms with van der Waals surface area (Å²) in [6.07, 6.45) is -4.87. The summed E-state index contributed by atoms with van der Waals surface area (Å²) in [5, 5.41) is 8.80. The molecule has 0 spiro atoms. The highest BCUT2D eigenvalue weighted by Gasteiger charge is 2.31. The predicted molar refractivity (Wildman–Crippen MR) is 165 cm³/mol. The van der Waals surface area contributed by atoms with Crippen LogP contribution in [0.5, 0.6) is 11.5 Å². The van der Waals surface area contributed by atoms with Crippen LogP contribution >= 0.6 is 11.3 Å². The van der Waals surface area contributed by atoms with E-state index in [1.807, 2.05) is 35.1 Å². The van der Waals surface area contributed by atoms with E-state index in [0.29, 0.717) is 33.2 Å². The summed E-state index contributed by atoms with van der Waals surface area (Å²) in [6.45, 7) is 5.80. The molecule has 0 radical (unpaired) electrons. The summed E-state index contributed by atoms with van der Waals surface area (Å²) in [5.41, 5.74) is 4.22. The van der Waals surface area contributed by atoms with E-state index < -0.39 is 18.6 Å². The minimum atomic E-state index is -4.78. The molecule has 0 fully saturated rings. The number of alkyl halides is 4. The Balaban J connectivity index is 1.24. The van der Waals surface area contributed by atoms with Crippen LogP contribution in [0.1, 0.15) is 42.8 Å². The van der Waals surface area contributed by atoms with Crippen LogP contribution in [0.25, 0.3) is 22.8 Å². The molecule has 0 saturated heterocycles. The molecule has 1 atom stereocenters. The smallest absolute Gasteiger partial charge is 0.497 e. The second-order valence-electron chi connectivity index (χ2n) is 10.5. The highest BCUT2D eigenvalue weighted by molar-refractivity contribution is 7.07. The second kappa shape index (κ2) is 13.6. The normalized spacial score (nSPS) is 12.8. The van der Waals surface area contributed by atoms with E-state index in [1.165, 1.54) is 46.6 Å². The Morgan fingerprint density at radius 3 is 2.39 bits per heavy atom. The molecular weight excluding hydrogens is 624 g/mol. The Bertz CT molecular complexity index is 1880. The molecule has 0 aliphatic heterocycles. The van der Waals surface area contributed by atoms with Gasteiger partial charge in [-0.15, -0.1) is 29.6 Å². The lowest BCUT2D eigenvalue weighted by Crippen LogP contribution is -2.27. The van der Waals surface area contributed by atoms with Gasteiger partial charge in [-0.3, -0.25) is 4.57 Å². The number of nitrogens with zero attached hydrogens (tertiary/aromatic N) is 5. The predicted octanol–water partition coefficient (Wildman–Crippen LogP) is 7.45. The topological polar surface area (TPSA) is 95.6 Å². The summed E-state index contributed by atoms with van der Waals surface area (Å²) in [6, 6.07) is 16.7. The van der Waals surface area contributed by atoms with E-state index in [2.05, 4.69) is 39.0 Å². The highest BCUT2D eigenvalue weighted by Crippen LogP contribution is 2.28. The van der Waals surface area contributed by atoms with Gasteiger partial charge >= 0.3 is 12.4 Å². The van der Waals surface area contributed by atoms with Crippen LogP contribution in [0.2, 0.25) is 0 Å². The van der Waals surface area contributed by atoms with Crippen LogP contribution < -0.4 is 19.6 Å². The summed E-state index contributed by atoms with van der Waals surface area (Å²) in [4.78, 5) is 21.7. The number of hydrogen-bond acceptors (Lipinski definition) is 6. The first-order valence-electron chi connectivity index (χ1n) is 14.1. The van der Waals surface area contributed by atoms with Gasteiger partial charge in [-0.2, -0.15) is 4.99 Å². The fourth-order valence-corrected chi connectivity index (χ4v) is 5.54. The van der Waals surface area contributed by atoms with Gasteiger partial charge in [0, 0.05) is 22.7 Å². The fourth-order valence-electron chi connectivity index (χ4n) is 4.68. The number of carbonyl (C=O) groups is 1. The number of thiazole rings is 1. The van der Waals surface area contributed by atoms with Gasteiger partial charge in [-0.05, 0) is 54.3 Å². The van der Waals surface area contributed by atoms with Crippen molar-refractivity contribution in [2.24, 2.45) is 4.99 Å². The monoisotopic (exact) mass is 654 g/mol. The van der Waals surface area contributed by atoms with E-state index in [0.717, 1.165) is 16.9 Å². The number of aromatic nitrogens is 4. The van der Waals surface area contributed by atoms with Crippen LogP contribution in [0.3, 0.4) is 0 Å². The van der Waals surface area contributed by atoms with Crippen molar-refractivity contribution in [1.82, 2.24) is 24.6 Å². The molecule has 2 amide bonds. The lowest BCUT2D eigenvalue weighted by atomic mass is 10.0. The van der Waals surface area contributed by atoms with Gasteiger partial charge in [0.05, 0.1) is 25.0 Å². The van der Waals surface area contributed by atoms with Crippen molar-refractivity contribution < 1.29 is 31.8 Å². The van der Waals surface area contributed by atoms with Gasteiger partial charge in [0.1, 0.15) is 24.0 Å². The molecule has 9 nitrogen and oxygen atoms in total. The lowest BCUT2D eigenvalue weighted by molar-refractivity contribution is -0.274. The molecule has 0 aliphatic rings. The quantitative estimate of drug-likeness (QED) is 0.167. The molecule has 3 aromatic carbocycles. The number of ether oxygens (including phenoxy) is 2. The number of urea groups is 1. The Morgan fingerprint density at radius 1 is 1.04 bits per heavy atom. The zero-order chi connectivity index (χ0) is 33.0. The maximum Gasteiger partial charge on any atom is 0.573 e. The third-order valence-electron chi connectivity index (χ3n) is 6.97.